The van der Waals surface area contributed by atoms with E-state index in [-0.39, 0.29) is 6.61 Å². The van der Waals surface area contributed by atoms with Gasteiger partial charge in [-0.3, -0.25) is 4.52 Å². The lowest BCUT2D eigenvalue weighted by Crippen LogP contribution is -2.27. The van der Waals surface area contributed by atoms with Gasteiger partial charge in [0.2, 0.25) is 0 Å². The van der Waals surface area contributed by atoms with Crippen LogP contribution in [0.3, 0.4) is 0 Å². The fraction of sp³-hybridized carbons (Fsp3) is 0.941. The summed E-state index contributed by atoms with van der Waals surface area (Å²) in [6.07, 6.45) is 38.7. The Morgan fingerprint density at radius 1 is 0.500 bits per heavy atom. The molecule has 0 radical (unpaired) electrons. The number of unbranched alkanes of at least 4 members (excludes halogenated alkanes) is 22. The van der Waals surface area contributed by atoms with Crippen LogP contribution in [0.1, 0.15) is 181 Å². The van der Waals surface area contributed by atoms with E-state index in [0.29, 0.717) is 0 Å². The predicted molar refractivity (Wildman–Crippen MR) is 175 cm³/mol. The van der Waals surface area contributed by atoms with Crippen LogP contribution in [0.25, 0.3) is 0 Å². The van der Waals surface area contributed by atoms with E-state index in [1.807, 2.05) is 0 Å². The lowest BCUT2D eigenvalue weighted by molar-refractivity contribution is 0.193. The zero-order chi connectivity index (χ0) is 29.4. The van der Waals surface area contributed by atoms with Crippen molar-refractivity contribution in [2.75, 3.05) is 26.2 Å². The first-order valence-electron chi connectivity index (χ1n) is 17.6. The molecule has 0 fully saturated rings. The highest BCUT2D eigenvalue weighted by atomic mass is 31.2. The van der Waals surface area contributed by atoms with Crippen molar-refractivity contribution in [1.82, 2.24) is 4.90 Å². The summed E-state index contributed by atoms with van der Waals surface area (Å²) < 4.78 is 15.1. The smallest absolute Gasteiger partial charge is 0.303 e. The Hall–Kier alpha value is -0.190. The maximum absolute atomic E-state index is 10.6. The van der Waals surface area contributed by atoms with Crippen molar-refractivity contribution in [2.24, 2.45) is 0 Å². The van der Waals surface area contributed by atoms with Crippen molar-refractivity contribution in [3.05, 3.63) is 12.2 Å². The summed E-state index contributed by atoms with van der Waals surface area (Å²) >= 11 is 0. The van der Waals surface area contributed by atoms with Crippen molar-refractivity contribution >= 4 is 7.82 Å². The van der Waals surface area contributed by atoms with Gasteiger partial charge in [-0.1, -0.05) is 142 Å². The van der Waals surface area contributed by atoms with Crippen molar-refractivity contribution in [2.45, 2.75) is 181 Å². The maximum Gasteiger partial charge on any atom is 0.469 e. The standard InChI is InChI=1S/C34H70NO4P/c1-3-5-7-9-23-27-31-35(32-28-24-10-8-6-4-2)33-29-25-21-19-17-15-13-11-12-14-16-18-20-22-26-30-34-39-40(36,37)38/h11-12H,3-10,13-34H2,1-2H3,(H2,36,37,38)/b12-11-. The van der Waals surface area contributed by atoms with Gasteiger partial charge in [0.15, 0.2) is 0 Å². The molecule has 0 saturated carbocycles. The van der Waals surface area contributed by atoms with Gasteiger partial charge < -0.3 is 14.7 Å². The van der Waals surface area contributed by atoms with Crippen LogP contribution in [0.5, 0.6) is 0 Å². The number of nitrogens with zero attached hydrogens (tertiary/aromatic N) is 1. The summed E-state index contributed by atoms with van der Waals surface area (Å²) in [4.78, 5) is 20.1. The van der Waals surface area contributed by atoms with E-state index in [9.17, 15) is 4.57 Å². The molecule has 0 spiro atoms. The Bertz CT molecular complexity index is 550. The van der Waals surface area contributed by atoms with E-state index in [4.69, 9.17) is 9.79 Å². The molecule has 0 heterocycles. The van der Waals surface area contributed by atoms with E-state index in [0.717, 1.165) is 19.3 Å². The van der Waals surface area contributed by atoms with E-state index in [1.54, 1.807) is 0 Å². The number of phosphoric ester groups is 1. The van der Waals surface area contributed by atoms with Crippen LogP contribution < -0.4 is 0 Å². The van der Waals surface area contributed by atoms with Gasteiger partial charge in [-0.25, -0.2) is 4.57 Å². The molecule has 0 bridgehead atoms. The third-order valence-corrected chi connectivity index (χ3v) is 8.46. The van der Waals surface area contributed by atoms with E-state index in [1.165, 1.54) is 167 Å². The van der Waals surface area contributed by atoms with Crippen molar-refractivity contribution in [3.63, 3.8) is 0 Å². The molecule has 0 amide bonds. The second-order valence-corrected chi connectivity index (χ2v) is 13.2. The van der Waals surface area contributed by atoms with Gasteiger partial charge in [0.05, 0.1) is 6.61 Å². The minimum atomic E-state index is -4.28. The highest BCUT2D eigenvalue weighted by Crippen LogP contribution is 2.35. The normalized spacial score (nSPS) is 12.3. The largest absolute Gasteiger partial charge is 0.469 e. The molecule has 0 atom stereocenters. The van der Waals surface area contributed by atoms with E-state index in [2.05, 4.69) is 35.4 Å². The molecule has 0 unspecified atom stereocenters. The molecular weight excluding hydrogens is 517 g/mol. The molecule has 240 valence electrons. The van der Waals surface area contributed by atoms with Gasteiger partial charge >= 0.3 is 7.82 Å². The van der Waals surface area contributed by atoms with Gasteiger partial charge in [-0.05, 0) is 71.0 Å². The molecule has 2 N–H and O–H groups in total. The average molecular weight is 588 g/mol. The van der Waals surface area contributed by atoms with Crippen LogP contribution in [0.2, 0.25) is 0 Å². The topological polar surface area (TPSA) is 70.0 Å². The molecule has 40 heavy (non-hydrogen) atoms. The highest BCUT2D eigenvalue weighted by molar-refractivity contribution is 7.46. The van der Waals surface area contributed by atoms with Crippen LogP contribution in [-0.2, 0) is 9.09 Å². The van der Waals surface area contributed by atoms with Gasteiger partial charge in [-0.15, -0.1) is 0 Å². The summed E-state index contributed by atoms with van der Waals surface area (Å²) in [5.74, 6) is 0. The van der Waals surface area contributed by atoms with Crippen LogP contribution in [0, 0.1) is 0 Å². The van der Waals surface area contributed by atoms with Crippen LogP contribution >= 0.6 is 7.82 Å². The fourth-order valence-corrected chi connectivity index (χ4v) is 5.73. The van der Waals surface area contributed by atoms with E-state index < -0.39 is 7.82 Å². The zero-order valence-corrected chi connectivity index (χ0v) is 27.9. The monoisotopic (exact) mass is 588 g/mol. The minimum Gasteiger partial charge on any atom is -0.303 e. The van der Waals surface area contributed by atoms with Crippen LogP contribution in [-0.4, -0.2) is 40.9 Å². The predicted octanol–water partition coefficient (Wildman–Crippen LogP) is 11.1. The van der Waals surface area contributed by atoms with Crippen molar-refractivity contribution < 1.29 is 18.9 Å². The highest BCUT2D eigenvalue weighted by Gasteiger charge is 2.12. The lowest BCUT2D eigenvalue weighted by atomic mass is 10.1. The Morgan fingerprint density at radius 2 is 0.825 bits per heavy atom. The molecule has 0 rings (SSSR count). The number of rotatable bonds is 33. The van der Waals surface area contributed by atoms with Gasteiger partial charge in [0.1, 0.15) is 0 Å². The Labute approximate surface area is 250 Å². The fourth-order valence-electron chi connectivity index (χ4n) is 5.36. The molecule has 5 nitrogen and oxygen atoms in total. The third kappa shape index (κ3) is 34.0. The summed E-state index contributed by atoms with van der Waals surface area (Å²) in [6.45, 7) is 8.73. The van der Waals surface area contributed by atoms with Crippen molar-refractivity contribution in [3.8, 4) is 0 Å². The molecule has 0 aliphatic rings. The first kappa shape index (κ1) is 39.8. The van der Waals surface area contributed by atoms with Gasteiger partial charge in [0.25, 0.3) is 0 Å². The molecule has 0 aromatic rings. The number of hydrogen-bond acceptors (Lipinski definition) is 3. The van der Waals surface area contributed by atoms with E-state index >= 15 is 0 Å². The second kappa shape index (κ2) is 31.7. The minimum absolute atomic E-state index is 0.157. The molecule has 0 saturated heterocycles. The number of hydrogen-bond donors (Lipinski definition) is 2. The number of phosphoric acid groups is 1. The third-order valence-electron chi connectivity index (χ3n) is 7.94. The molecule has 0 aliphatic heterocycles. The van der Waals surface area contributed by atoms with Crippen LogP contribution in [0.15, 0.2) is 12.2 Å². The lowest BCUT2D eigenvalue weighted by Gasteiger charge is -2.22. The number of allylic oxidation sites excluding steroid dienone is 2. The van der Waals surface area contributed by atoms with Gasteiger partial charge in [-0.2, -0.15) is 0 Å². The molecule has 6 heteroatoms. The van der Waals surface area contributed by atoms with Crippen molar-refractivity contribution in [1.29, 1.82) is 0 Å². The molecule has 0 aromatic heterocycles. The first-order valence-corrected chi connectivity index (χ1v) is 19.1. The summed E-state index contributed by atoms with van der Waals surface area (Å²) in [5.41, 5.74) is 0. The summed E-state index contributed by atoms with van der Waals surface area (Å²) in [6, 6.07) is 0. The molecule has 0 aromatic carbocycles. The zero-order valence-electron chi connectivity index (χ0n) is 27.0. The SMILES string of the molecule is CCCCCCCCN(CCCCCCCC)CCCCCCCC/C=C\CCCCCCCCOP(=O)(O)O. The maximum atomic E-state index is 10.6. The summed E-state index contributed by atoms with van der Waals surface area (Å²) in [7, 11) is -4.28. The van der Waals surface area contributed by atoms with Crippen LogP contribution in [0.4, 0.5) is 0 Å². The van der Waals surface area contributed by atoms with Gasteiger partial charge in [0, 0.05) is 0 Å². The quantitative estimate of drug-likeness (QED) is 0.0454. The Balaban J connectivity index is 3.64. The molecular formula is C34H70NO4P. The molecule has 0 aliphatic carbocycles. The first-order chi connectivity index (χ1) is 19.5. The average Bonchev–Trinajstić information content (AvgIpc) is 2.92. The Morgan fingerprint density at radius 3 is 1.20 bits per heavy atom. The summed E-state index contributed by atoms with van der Waals surface area (Å²) in [5, 5.41) is 0. The Kier molecular flexibility index (Phi) is 31.6. The second-order valence-electron chi connectivity index (χ2n) is 12.0.